The molecule has 0 saturated heterocycles. The molecular formula is C17H18N2O2. The summed E-state index contributed by atoms with van der Waals surface area (Å²) in [4.78, 5) is 11.9. The Labute approximate surface area is 124 Å². The second-order valence-corrected chi connectivity index (χ2v) is 4.74. The summed E-state index contributed by atoms with van der Waals surface area (Å²) < 4.78 is 0. The fourth-order valence-electron chi connectivity index (χ4n) is 1.89. The molecule has 0 heterocycles. The van der Waals surface area contributed by atoms with Gasteiger partial charge in [-0.05, 0) is 42.7 Å². The second kappa shape index (κ2) is 6.70. The van der Waals surface area contributed by atoms with Gasteiger partial charge in [0, 0.05) is 5.56 Å². The largest absolute Gasteiger partial charge is 0.508 e. The highest BCUT2D eigenvalue weighted by molar-refractivity contribution is 6.00. The number of aryl methyl sites for hydroxylation is 1. The lowest BCUT2D eigenvalue weighted by molar-refractivity contribution is 0.0954. The van der Waals surface area contributed by atoms with Gasteiger partial charge in [0.25, 0.3) is 5.91 Å². The number of phenolic OH excluding ortho intramolecular Hbond substituents is 1. The predicted octanol–water partition coefficient (Wildman–Crippen LogP) is 3.11. The summed E-state index contributed by atoms with van der Waals surface area (Å²) in [5.74, 6) is -0.297. The molecule has 0 aromatic heterocycles. The summed E-state index contributed by atoms with van der Waals surface area (Å²) in [7, 11) is 0. The van der Waals surface area contributed by atoms with Gasteiger partial charge in [0.2, 0.25) is 0 Å². The third-order valence-electron chi connectivity index (χ3n) is 3.21. The number of carbonyl (C=O) groups is 1. The molecule has 2 aromatic rings. The molecule has 0 saturated carbocycles. The van der Waals surface area contributed by atoms with Gasteiger partial charge in [0.1, 0.15) is 5.75 Å². The molecule has 4 heteroatoms. The van der Waals surface area contributed by atoms with Crippen LogP contribution in [0.1, 0.15) is 35.3 Å². The number of hydrazone groups is 1. The van der Waals surface area contributed by atoms with Crippen molar-refractivity contribution >= 4 is 11.6 Å². The van der Waals surface area contributed by atoms with Gasteiger partial charge in [-0.15, -0.1) is 0 Å². The Kier molecular flexibility index (Phi) is 4.72. The second-order valence-electron chi connectivity index (χ2n) is 4.74. The zero-order valence-corrected chi connectivity index (χ0v) is 12.1. The van der Waals surface area contributed by atoms with Crippen LogP contribution in [0.3, 0.4) is 0 Å². The summed E-state index contributed by atoms with van der Waals surface area (Å²) in [6.07, 6.45) is 0.991. The SMILES string of the molecule is CCc1ccc(/C(C)=N\NC(=O)c2cccc(O)c2)cc1. The van der Waals surface area contributed by atoms with Crippen LogP contribution in [-0.4, -0.2) is 16.7 Å². The maximum atomic E-state index is 11.9. The highest BCUT2D eigenvalue weighted by Crippen LogP contribution is 2.11. The molecule has 108 valence electrons. The summed E-state index contributed by atoms with van der Waals surface area (Å²) in [5.41, 5.74) is 5.81. The Hall–Kier alpha value is -2.62. The van der Waals surface area contributed by atoms with Crippen molar-refractivity contribution < 1.29 is 9.90 Å². The molecule has 4 nitrogen and oxygen atoms in total. The fourth-order valence-corrected chi connectivity index (χ4v) is 1.89. The van der Waals surface area contributed by atoms with Crippen molar-refractivity contribution in [3.05, 3.63) is 65.2 Å². The van der Waals surface area contributed by atoms with Crippen LogP contribution in [0.25, 0.3) is 0 Å². The normalized spacial score (nSPS) is 11.2. The average molecular weight is 282 g/mol. The number of carbonyl (C=O) groups excluding carboxylic acids is 1. The molecule has 0 aliphatic rings. The molecular weight excluding hydrogens is 264 g/mol. The summed E-state index contributed by atoms with van der Waals surface area (Å²) >= 11 is 0. The Bertz CT molecular complexity index is 661. The molecule has 2 rings (SSSR count). The van der Waals surface area contributed by atoms with E-state index in [4.69, 9.17) is 0 Å². The number of amides is 1. The molecule has 0 aliphatic carbocycles. The zero-order valence-electron chi connectivity index (χ0n) is 12.1. The Morgan fingerprint density at radius 2 is 1.86 bits per heavy atom. The number of rotatable bonds is 4. The van der Waals surface area contributed by atoms with Crippen LogP contribution in [0.5, 0.6) is 5.75 Å². The summed E-state index contributed by atoms with van der Waals surface area (Å²) in [5, 5.41) is 13.4. The smallest absolute Gasteiger partial charge is 0.271 e. The molecule has 0 atom stereocenters. The van der Waals surface area contributed by atoms with Crippen LogP contribution in [0.2, 0.25) is 0 Å². The number of hydrogen-bond donors (Lipinski definition) is 2. The fraction of sp³-hybridized carbons (Fsp3) is 0.176. The van der Waals surface area contributed by atoms with Gasteiger partial charge in [0.15, 0.2) is 0 Å². The molecule has 0 spiro atoms. The number of phenols is 1. The van der Waals surface area contributed by atoms with Crippen molar-refractivity contribution in [1.82, 2.24) is 5.43 Å². The van der Waals surface area contributed by atoms with Gasteiger partial charge < -0.3 is 5.11 Å². The monoisotopic (exact) mass is 282 g/mol. The first-order chi connectivity index (χ1) is 10.1. The topological polar surface area (TPSA) is 61.7 Å². The standard InChI is InChI=1S/C17H18N2O2/c1-3-13-7-9-14(10-8-13)12(2)18-19-17(21)15-5-4-6-16(20)11-15/h4-11,20H,3H2,1-2H3,(H,19,21)/b18-12-. The van der Waals surface area contributed by atoms with Crippen molar-refractivity contribution in [2.75, 3.05) is 0 Å². The van der Waals surface area contributed by atoms with Gasteiger partial charge in [0.05, 0.1) is 5.71 Å². The van der Waals surface area contributed by atoms with E-state index in [1.54, 1.807) is 12.1 Å². The molecule has 0 unspecified atom stereocenters. The van der Waals surface area contributed by atoms with Gasteiger partial charge in [-0.25, -0.2) is 5.43 Å². The van der Waals surface area contributed by atoms with E-state index in [2.05, 4.69) is 17.5 Å². The average Bonchev–Trinajstić information content (AvgIpc) is 2.52. The number of nitrogens with one attached hydrogen (secondary N) is 1. The minimum atomic E-state index is -0.351. The first-order valence-corrected chi connectivity index (χ1v) is 6.83. The molecule has 21 heavy (non-hydrogen) atoms. The molecule has 0 bridgehead atoms. The van der Waals surface area contributed by atoms with Crippen molar-refractivity contribution in [2.45, 2.75) is 20.3 Å². The molecule has 1 amide bonds. The molecule has 2 aromatic carbocycles. The van der Waals surface area contributed by atoms with Crippen LogP contribution in [0.15, 0.2) is 53.6 Å². The van der Waals surface area contributed by atoms with E-state index in [9.17, 15) is 9.90 Å². The molecule has 0 fully saturated rings. The Morgan fingerprint density at radius 3 is 2.48 bits per heavy atom. The van der Waals surface area contributed by atoms with Crippen LogP contribution in [0.4, 0.5) is 0 Å². The Morgan fingerprint density at radius 1 is 1.14 bits per heavy atom. The maximum absolute atomic E-state index is 11.9. The highest BCUT2D eigenvalue weighted by atomic mass is 16.3. The lowest BCUT2D eigenvalue weighted by atomic mass is 10.1. The molecule has 0 aliphatic heterocycles. The van der Waals surface area contributed by atoms with Gasteiger partial charge in [-0.2, -0.15) is 5.10 Å². The predicted molar refractivity (Wildman–Crippen MR) is 83.6 cm³/mol. The van der Waals surface area contributed by atoms with Crippen molar-refractivity contribution in [3.8, 4) is 5.75 Å². The highest BCUT2D eigenvalue weighted by Gasteiger charge is 2.05. The van der Waals surface area contributed by atoms with E-state index < -0.39 is 0 Å². The summed E-state index contributed by atoms with van der Waals surface area (Å²) in [6.45, 7) is 3.94. The number of nitrogens with zero attached hydrogens (tertiary/aromatic N) is 1. The molecule has 0 radical (unpaired) electrons. The van der Waals surface area contributed by atoms with E-state index >= 15 is 0 Å². The van der Waals surface area contributed by atoms with Crippen molar-refractivity contribution in [3.63, 3.8) is 0 Å². The summed E-state index contributed by atoms with van der Waals surface area (Å²) in [6, 6.07) is 14.2. The zero-order chi connectivity index (χ0) is 15.2. The van der Waals surface area contributed by atoms with E-state index in [1.165, 1.54) is 17.7 Å². The van der Waals surface area contributed by atoms with Gasteiger partial charge in [-0.1, -0.05) is 37.3 Å². The van der Waals surface area contributed by atoms with E-state index in [0.717, 1.165) is 17.7 Å². The minimum Gasteiger partial charge on any atom is -0.508 e. The number of aromatic hydroxyl groups is 1. The maximum Gasteiger partial charge on any atom is 0.271 e. The van der Waals surface area contributed by atoms with E-state index in [-0.39, 0.29) is 11.7 Å². The lowest BCUT2D eigenvalue weighted by Crippen LogP contribution is -2.19. The van der Waals surface area contributed by atoms with Crippen molar-refractivity contribution in [2.24, 2.45) is 5.10 Å². The molecule has 2 N–H and O–H groups in total. The first-order valence-electron chi connectivity index (χ1n) is 6.83. The Balaban J connectivity index is 2.07. The van der Waals surface area contributed by atoms with Crippen LogP contribution >= 0.6 is 0 Å². The number of hydrogen-bond acceptors (Lipinski definition) is 3. The van der Waals surface area contributed by atoms with Gasteiger partial charge in [-0.3, -0.25) is 4.79 Å². The minimum absolute atomic E-state index is 0.0542. The van der Waals surface area contributed by atoms with Crippen molar-refractivity contribution in [1.29, 1.82) is 0 Å². The third kappa shape index (κ3) is 3.92. The quantitative estimate of drug-likeness (QED) is 0.668. The van der Waals surface area contributed by atoms with Crippen LogP contribution < -0.4 is 5.43 Å². The third-order valence-corrected chi connectivity index (χ3v) is 3.21. The number of benzene rings is 2. The van der Waals surface area contributed by atoms with E-state index in [1.807, 2.05) is 31.2 Å². The van der Waals surface area contributed by atoms with Gasteiger partial charge >= 0.3 is 0 Å². The van der Waals surface area contributed by atoms with Crippen LogP contribution in [-0.2, 0) is 6.42 Å². The van der Waals surface area contributed by atoms with Crippen LogP contribution in [0, 0.1) is 0 Å². The first kappa shape index (κ1) is 14.8. The van der Waals surface area contributed by atoms with E-state index in [0.29, 0.717) is 5.56 Å². The lowest BCUT2D eigenvalue weighted by Gasteiger charge is -2.04.